The van der Waals surface area contributed by atoms with Gasteiger partial charge in [-0.25, -0.2) is 0 Å². The predicted molar refractivity (Wildman–Crippen MR) is 135 cm³/mol. The third kappa shape index (κ3) is 7.17. The van der Waals surface area contributed by atoms with Crippen LogP contribution < -0.4 is 20.1 Å². The van der Waals surface area contributed by atoms with Crippen molar-refractivity contribution >= 4 is 23.5 Å². The van der Waals surface area contributed by atoms with Crippen molar-refractivity contribution in [3.63, 3.8) is 0 Å². The van der Waals surface area contributed by atoms with Crippen LogP contribution in [0.5, 0.6) is 11.5 Å². The van der Waals surface area contributed by atoms with Gasteiger partial charge < -0.3 is 20.1 Å². The minimum absolute atomic E-state index is 0.193. The Morgan fingerprint density at radius 2 is 1.60 bits per heavy atom. The molecule has 3 aromatic rings. The maximum absolute atomic E-state index is 12.9. The highest BCUT2D eigenvalue weighted by Crippen LogP contribution is 2.27. The van der Waals surface area contributed by atoms with E-state index in [-0.39, 0.29) is 24.3 Å². The standard InChI is InChI=1S/C28H30N2O5/c1-18(2)24-13-6-8-15-26(24)34-19(3)27(32)30-25-14-7-5-10-22(25)17-29-28(33)21-11-9-12-23(16-21)35-20(4)31/h5-16,18-19H,17H2,1-4H3,(H,29,33)(H,30,32). The molecule has 0 aliphatic rings. The molecule has 0 aromatic heterocycles. The number of amides is 2. The molecule has 182 valence electrons. The Morgan fingerprint density at radius 3 is 2.34 bits per heavy atom. The Kier molecular flexibility index (Phi) is 8.62. The highest BCUT2D eigenvalue weighted by atomic mass is 16.5. The maximum atomic E-state index is 12.9. The summed E-state index contributed by atoms with van der Waals surface area (Å²) in [6.07, 6.45) is -0.721. The predicted octanol–water partition coefficient (Wildman–Crippen LogP) is 5.07. The molecule has 35 heavy (non-hydrogen) atoms. The van der Waals surface area contributed by atoms with Crippen LogP contribution in [0, 0.1) is 0 Å². The molecule has 0 bridgehead atoms. The number of esters is 1. The fraction of sp³-hybridized carbons (Fsp3) is 0.250. The van der Waals surface area contributed by atoms with Crippen LogP contribution in [0.15, 0.2) is 72.8 Å². The van der Waals surface area contributed by atoms with Crippen LogP contribution in [0.4, 0.5) is 5.69 Å². The molecule has 0 saturated heterocycles. The molecule has 0 fully saturated rings. The Hall–Kier alpha value is -4.13. The van der Waals surface area contributed by atoms with Gasteiger partial charge in [0.1, 0.15) is 11.5 Å². The van der Waals surface area contributed by atoms with E-state index >= 15 is 0 Å². The van der Waals surface area contributed by atoms with Crippen molar-refractivity contribution in [1.82, 2.24) is 5.32 Å². The Morgan fingerprint density at radius 1 is 0.886 bits per heavy atom. The Labute approximate surface area is 205 Å². The highest BCUT2D eigenvalue weighted by molar-refractivity contribution is 5.96. The smallest absolute Gasteiger partial charge is 0.308 e. The van der Waals surface area contributed by atoms with Gasteiger partial charge in [-0.15, -0.1) is 0 Å². The molecule has 0 aliphatic heterocycles. The van der Waals surface area contributed by atoms with E-state index < -0.39 is 12.1 Å². The van der Waals surface area contributed by atoms with Crippen molar-refractivity contribution in [2.75, 3.05) is 5.32 Å². The molecule has 2 N–H and O–H groups in total. The van der Waals surface area contributed by atoms with Gasteiger partial charge in [-0.1, -0.05) is 56.3 Å². The van der Waals surface area contributed by atoms with E-state index in [1.807, 2.05) is 42.5 Å². The number of anilines is 1. The van der Waals surface area contributed by atoms with Crippen molar-refractivity contribution in [3.05, 3.63) is 89.5 Å². The molecule has 7 heteroatoms. The number of ether oxygens (including phenoxy) is 2. The minimum Gasteiger partial charge on any atom is -0.481 e. The first-order valence-corrected chi connectivity index (χ1v) is 11.5. The van der Waals surface area contributed by atoms with Crippen molar-refractivity contribution in [2.45, 2.75) is 46.3 Å². The van der Waals surface area contributed by atoms with Crippen molar-refractivity contribution in [2.24, 2.45) is 0 Å². The monoisotopic (exact) mass is 474 g/mol. The van der Waals surface area contributed by atoms with Crippen molar-refractivity contribution in [3.8, 4) is 11.5 Å². The van der Waals surface area contributed by atoms with Crippen LogP contribution in [0.25, 0.3) is 0 Å². The topological polar surface area (TPSA) is 93.7 Å². The maximum Gasteiger partial charge on any atom is 0.308 e. The molecular formula is C28H30N2O5. The van der Waals surface area contributed by atoms with Gasteiger partial charge in [-0.05, 0) is 54.3 Å². The zero-order valence-corrected chi connectivity index (χ0v) is 20.3. The average Bonchev–Trinajstić information content (AvgIpc) is 2.83. The Bertz CT molecular complexity index is 1210. The zero-order chi connectivity index (χ0) is 25.4. The van der Waals surface area contributed by atoms with Crippen LogP contribution in [-0.2, 0) is 16.1 Å². The number of nitrogens with one attached hydrogen (secondary N) is 2. The van der Waals surface area contributed by atoms with Gasteiger partial charge in [0.25, 0.3) is 11.8 Å². The first kappa shape index (κ1) is 25.5. The summed E-state index contributed by atoms with van der Waals surface area (Å²) in [4.78, 5) is 36.7. The van der Waals surface area contributed by atoms with Crippen LogP contribution >= 0.6 is 0 Å². The molecule has 2 amide bonds. The molecule has 1 atom stereocenters. The summed E-state index contributed by atoms with van der Waals surface area (Å²) in [5, 5.41) is 5.74. The fourth-order valence-corrected chi connectivity index (χ4v) is 3.48. The average molecular weight is 475 g/mol. The molecule has 3 rings (SSSR count). The lowest BCUT2D eigenvalue weighted by Gasteiger charge is -2.19. The van der Waals surface area contributed by atoms with E-state index in [4.69, 9.17) is 9.47 Å². The second kappa shape index (κ2) is 11.8. The largest absolute Gasteiger partial charge is 0.481 e. The summed E-state index contributed by atoms with van der Waals surface area (Å²) < 4.78 is 11.0. The summed E-state index contributed by atoms with van der Waals surface area (Å²) >= 11 is 0. The van der Waals surface area contributed by atoms with Gasteiger partial charge in [0.05, 0.1) is 0 Å². The van der Waals surface area contributed by atoms with E-state index in [2.05, 4.69) is 24.5 Å². The van der Waals surface area contributed by atoms with E-state index in [9.17, 15) is 14.4 Å². The number of hydrogen-bond donors (Lipinski definition) is 2. The Balaban J connectivity index is 1.64. The second-order valence-electron chi connectivity index (χ2n) is 8.40. The van der Waals surface area contributed by atoms with E-state index in [1.165, 1.54) is 13.0 Å². The second-order valence-corrected chi connectivity index (χ2v) is 8.40. The number of benzene rings is 3. The lowest BCUT2D eigenvalue weighted by Crippen LogP contribution is -2.31. The van der Waals surface area contributed by atoms with Gasteiger partial charge in [-0.2, -0.15) is 0 Å². The summed E-state index contributed by atoms with van der Waals surface area (Å²) in [5.41, 5.74) is 2.71. The molecular weight excluding hydrogens is 444 g/mol. The fourth-order valence-electron chi connectivity index (χ4n) is 3.48. The number of rotatable bonds is 9. The summed E-state index contributed by atoms with van der Waals surface area (Å²) in [7, 11) is 0. The zero-order valence-electron chi connectivity index (χ0n) is 20.3. The molecule has 7 nitrogen and oxygen atoms in total. The van der Waals surface area contributed by atoms with Crippen LogP contribution in [-0.4, -0.2) is 23.9 Å². The van der Waals surface area contributed by atoms with Crippen LogP contribution in [0.1, 0.15) is 55.1 Å². The number of carbonyl (C=O) groups is 3. The molecule has 0 saturated carbocycles. The van der Waals surface area contributed by atoms with Gasteiger partial charge in [0, 0.05) is 24.7 Å². The van der Waals surface area contributed by atoms with Crippen LogP contribution in [0.3, 0.4) is 0 Å². The quantitative estimate of drug-likeness (QED) is 0.334. The summed E-state index contributed by atoms with van der Waals surface area (Å²) in [5.74, 6) is 0.157. The van der Waals surface area contributed by atoms with Gasteiger partial charge in [0.2, 0.25) is 0 Å². The summed E-state index contributed by atoms with van der Waals surface area (Å²) in [6.45, 7) is 7.34. The molecule has 0 spiro atoms. The first-order valence-electron chi connectivity index (χ1n) is 11.5. The van der Waals surface area contributed by atoms with E-state index in [0.717, 1.165) is 11.1 Å². The van der Waals surface area contributed by atoms with E-state index in [0.29, 0.717) is 22.7 Å². The number of para-hydroxylation sites is 2. The normalized spacial score (nSPS) is 11.5. The lowest BCUT2D eigenvalue weighted by molar-refractivity contribution is -0.131. The van der Waals surface area contributed by atoms with Crippen molar-refractivity contribution < 1.29 is 23.9 Å². The number of carbonyl (C=O) groups excluding carboxylic acids is 3. The molecule has 0 aliphatic carbocycles. The van der Waals surface area contributed by atoms with Crippen LogP contribution in [0.2, 0.25) is 0 Å². The third-order valence-corrected chi connectivity index (χ3v) is 5.29. The minimum atomic E-state index is -0.721. The molecule has 0 radical (unpaired) electrons. The first-order chi connectivity index (χ1) is 16.7. The van der Waals surface area contributed by atoms with Gasteiger partial charge in [0.15, 0.2) is 6.10 Å². The highest BCUT2D eigenvalue weighted by Gasteiger charge is 2.19. The van der Waals surface area contributed by atoms with Gasteiger partial charge >= 0.3 is 5.97 Å². The van der Waals surface area contributed by atoms with Crippen molar-refractivity contribution in [1.29, 1.82) is 0 Å². The molecule has 0 heterocycles. The summed E-state index contributed by atoms with van der Waals surface area (Å²) in [6, 6.07) is 21.3. The SMILES string of the molecule is CC(=O)Oc1cccc(C(=O)NCc2ccccc2NC(=O)C(C)Oc2ccccc2C(C)C)c1. The third-order valence-electron chi connectivity index (χ3n) is 5.29. The number of hydrogen-bond acceptors (Lipinski definition) is 5. The molecule has 1 unspecified atom stereocenters. The van der Waals surface area contributed by atoms with Gasteiger partial charge in [-0.3, -0.25) is 14.4 Å². The lowest BCUT2D eigenvalue weighted by atomic mass is 10.0. The molecule has 3 aromatic carbocycles. The van der Waals surface area contributed by atoms with E-state index in [1.54, 1.807) is 31.2 Å².